The van der Waals surface area contributed by atoms with Crippen molar-refractivity contribution in [3.05, 3.63) is 71.8 Å². The van der Waals surface area contributed by atoms with Gasteiger partial charge in [-0.25, -0.2) is 9.59 Å². The van der Waals surface area contributed by atoms with Crippen LogP contribution in [-0.4, -0.2) is 34.8 Å². The maximum atomic E-state index is 12.6. The second-order valence-electron chi connectivity index (χ2n) is 8.00. The normalized spacial score (nSPS) is 11.9. The molecule has 0 saturated heterocycles. The number of benzene rings is 2. The molecule has 0 bridgehead atoms. The van der Waals surface area contributed by atoms with Crippen molar-refractivity contribution in [1.29, 1.82) is 0 Å². The Bertz CT molecular complexity index is 880. The molecule has 0 unspecified atom stereocenters. The number of carboxylic acid groups (broad SMARTS) is 1. The summed E-state index contributed by atoms with van der Waals surface area (Å²) < 4.78 is 10.8. The number of rotatable bonds is 13. The van der Waals surface area contributed by atoms with Gasteiger partial charge in [0.25, 0.3) is 0 Å². The van der Waals surface area contributed by atoms with Crippen molar-refractivity contribution in [2.45, 2.75) is 70.6 Å². The summed E-state index contributed by atoms with van der Waals surface area (Å²) >= 11 is 0. The molecular weight excluding hydrogens is 422 g/mol. The Morgan fingerprint density at radius 3 is 2.06 bits per heavy atom. The quantitative estimate of drug-likeness (QED) is 0.417. The predicted octanol–water partition coefficient (Wildman–Crippen LogP) is 4.88. The first-order chi connectivity index (χ1) is 15.9. The largest absolute Gasteiger partial charge is 0.480 e. The number of hydrogen-bond acceptors (Lipinski definition) is 5. The van der Waals surface area contributed by atoms with Crippen molar-refractivity contribution in [3.8, 4) is 0 Å². The van der Waals surface area contributed by atoms with Gasteiger partial charge in [-0.3, -0.25) is 4.79 Å². The van der Waals surface area contributed by atoms with E-state index >= 15 is 0 Å². The summed E-state index contributed by atoms with van der Waals surface area (Å²) in [5, 5.41) is 11.7. The van der Waals surface area contributed by atoms with E-state index in [1.807, 2.05) is 38.1 Å². The Kier molecular flexibility index (Phi) is 10.4. The first-order valence-corrected chi connectivity index (χ1v) is 11.3. The van der Waals surface area contributed by atoms with Gasteiger partial charge in [-0.2, -0.15) is 0 Å². The summed E-state index contributed by atoms with van der Waals surface area (Å²) in [6.45, 7) is 3.90. The number of esters is 1. The maximum Gasteiger partial charge on any atom is 0.408 e. The lowest BCUT2D eigenvalue weighted by molar-refractivity contribution is -0.164. The van der Waals surface area contributed by atoms with Crippen molar-refractivity contribution in [3.63, 3.8) is 0 Å². The number of aliphatic carboxylic acids is 1. The number of hydrogen-bond donors (Lipinski definition) is 2. The minimum absolute atomic E-state index is 0.000344. The Morgan fingerprint density at radius 2 is 1.52 bits per heavy atom. The second-order valence-corrected chi connectivity index (χ2v) is 8.00. The number of carbonyl (C=O) groups excluding carboxylic acids is 2. The average Bonchev–Trinajstić information content (AvgIpc) is 2.83. The molecule has 178 valence electrons. The zero-order valence-corrected chi connectivity index (χ0v) is 19.3. The van der Waals surface area contributed by atoms with Crippen molar-refractivity contribution in [1.82, 2.24) is 5.32 Å². The van der Waals surface area contributed by atoms with Crippen LogP contribution in [0.4, 0.5) is 4.79 Å². The fourth-order valence-electron chi connectivity index (χ4n) is 3.62. The number of amides is 1. The summed E-state index contributed by atoms with van der Waals surface area (Å²) in [5.74, 6) is -1.99. The van der Waals surface area contributed by atoms with E-state index in [0.717, 1.165) is 18.4 Å². The van der Waals surface area contributed by atoms with Gasteiger partial charge in [-0.1, -0.05) is 74.5 Å². The van der Waals surface area contributed by atoms with Crippen LogP contribution in [0.1, 0.15) is 57.1 Å². The molecule has 0 spiro atoms. The SMILES string of the molecule is CCC(CC)(CCCc1ccccc1)OC(=O)C[C@H](NC(=O)OCc1ccccc1)C(=O)O. The van der Waals surface area contributed by atoms with Crippen LogP contribution in [0.3, 0.4) is 0 Å². The zero-order chi connectivity index (χ0) is 24.1. The van der Waals surface area contributed by atoms with E-state index in [0.29, 0.717) is 19.3 Å². The van der Waals surface area contributed by atoms with Gasteiger partial charge >= 0.3 is 18.0 Å². The van der Waals surface area contributed by atoms with Gasteiger partial charge in [0.1, 0.15) is 18.2 Å². The Hall–Kier alpha value is -3.35. The van der Waals surface area contributed by atoms with E-state index in [4.69, 9.17) is 9.47 Å². The summed E-state index contributed by atoms with van der Waals surface area (Å²) in [6.07, 6.45) is 2.24. The third-order valence-corrected chi connectivity index (χ3v) is 5.73. The number of carboxylic acids is 1. The standard InChI is InChI=1S/C26H33NO6/c1-3-26(4-2,17-11-16-20-12-7-5-8-13-20)33-23(28)18-22(24(29)30)27-25(31)32-19-21-14-9-6-10-15-21/h5-10,12-15,22H,3-4,11,16-19H2,1-2H3,(H,27,31)(H,29,30)/t22-/m0/s1. The highest BCUT2D eigenvalue weighted by molar-refractivity contribution is 5.85. The van der Waals surface area contributed by atoms with E-state index < -0.39 is 36.1 Å². The van der Waals surface area contributed by atoms with E-state index in [1.54, 1.807) is 24.3 Å². The van der Waals surface area contributed by atoms with Gasteiger partial charge in [-0.05, 0) is 43.2 Å². The van der Waals surface area contributed by atoms with Crippen LogP contribution in [0.2, 0.25) is 0 Å². The molecule has 0 fully saturated rings. The molecule has 0 aliphatic heterocycles. The molecule has 1 amide bonds. The van der Waals surface area contributed by atoms with E-state index in [2.05, 4.69) is 17.4 Å². The topological polar surface area (TPSA) is 102 Å². The third kappa shape index (κ3) is 8.96. The smallest absolute Gasteiger partial charge is 0.408 e. The Labute approximate surface area is 195 Å². The lowest BCUT2D eigenvalue weighted by atomic mass is 9.89. The van der Waals surface area contributed by atoms with Gasteiger partial charge in [0.05, 0.1) is 6.42 Å². The van der Waals surface area contributed by atoms with Gasteiger partial charge in [0, 0.05) is 0 Å². The average molecular weight is 456 g/mol. The first kappa shape index (κ1) is 25.9. The number of carbonyl (C=O) groups is 3. The summed E-state index contributed by atoms with van der Waals surface area (Å²) in [4.78, 5) is 36.2. The van der Waals surface area contributed by atoms with Crippen LogP contribution in [0.25, 0.3) is 0 Å². The fourth-order valence-corrected chi connectivity index (χ4v) is 3.62. The van der Waals surface area contributed by atoms with Crippen LogP contribution >= 0.6 is 0 Å². The van der Waals surface area contributed by atoms with Crippen LogP contribution in [0.5, 0.6) is 0 Å². The lowest BCUT2D eigenvalue weighted by Gasteiger charge is -2.32. The molecule has 0 aromatic heterocycles. The molecule has 2 rings (SSSR count). The van der Waals surface area contributed by atoms with Crippen molar-refractivity contribution in [2.24, 2.45) is 0 Å². The van der Waals surface area contributed by atoms with E-state index in [9.17, 15) is 19.5 Å². The number of nitrogens with one attached hydrogen (secondary N) is 1. The monoisotopic (exact) mass is 455 g/mol. The van der Waals surface area contributed by atoms with Gasteiger partial charge in [0.15, 0.2) is 0 Å². The third-order valence-electron chi connectivity index (χ3n) is 5.73. The van der Waals surface area contributed by atoms with Crippen molar-refractivity contribution < 1.29 is 29.0 Å². The number of aryl methyl sites for hydroxylation is 1. The van der Waals surface area contributed by atoms with Crippen molar-refractivity contribution in [2.75, 3.05) is 0 Å². The van der Waals surface area contributed by atoms with Crippen LogP contribution < -0.4 is 5.32 Å². The molecule has 2 N–H and O–H groups in total. The predicted molar refractivity (Wildman–Crippen MR) is 125 cm³/mol. The molecule has 2 aromatic rings. The first-order valence-electron chi connectivity index (χ1n) is 11.3. The Morgan fingerprint density at radius 1 is 0.939 bits per heavy atom. The summed E-state index contributed by atoms with van der Waals surface area (Å²) in [6, 6.07) is 17.7. The van der Waals surface area contributed by atoms with Crippen LogP contribution in [-0.2, 0) is 32.1 Å². The maximum absolute atomic E-state index is 12.6. The molecule has 0 aliphatic rings. The zero-order valence-electron chi connectivity index (χ0n) is 19.3. The highest BCUT2D eigenvalue weighted by Gasteiger charge is 2.33. The highest BCUT2D eigenvalue weighted by atomic mass is 16.6. The molecular formula is C26H33NO6. The second kappa shape index (κ2) is 13.3. The van der Waals surface area contributed by atoms with Crippen LogP contribution in [0.15, 0.2) is 60.7 Å². The lowest BCUT2D eigenvalue weighted by Crippen LogP contribution is -2.44. The molecule has 7 heteroatoms. The Balaban J connectivity index is 1.88. The fraction of sp³-hybridized carbons (Fsp3) is 0.423. The molecule has 0 aliphatic carbocycles. The molecule has 0 saturated carbocycles. The van der Waals surface area contributed by atoms with Crippen LogP contribution in [0, 0.1) is 0 Å². The molecule has 7 nitrogen and oxygen atoms in total. The number of alkyl carbamates (subject to hydrolysis) is 1. The molecule has 2 aromatic carbocycles. The molecule has 0 heterocycles. The van der Waals surface area contributed by atoms with Crippen molar-refractivity contribution >= 4 is 18.0 Å². The highest BCUT2D eigenvalue weighted by Crippen LogP contribution is 2.28. The van der Waals surface area contributed by atoms with Gasteiger partial charge in [0.2, 0.25) is 0 Å². The van der Waals surface area contributed by atoms with E-state index in [1.165, 1.54) is 5.56 Å². The molecule has 1 atom stereocenters. The summed E-state index contributed by atoms with van der Waals surface area (Å²) in [5.41, 5.74) is 1.32. The number of ether oxygens (including phenoxy) is 2. The minimum Gasteiger partial charge on any atom is -0.480 e. The summed E-state index contributed by atoms with van der Waals surface area (Å²) in [7, 11) is 0. The molecule has 0 radical (unpaired) electrons. The minimum atomic E-state index is -1.43. The van der Waals surface area contributed by atoms with E-state index in [-0.39, 0.29) is 6.61 Å². The molecule has 33 heavy (non-hydrogen) atoms. The van der Waals surface area contributed by atoms with Gasteiger partial charge in [-0.15, -0.1) is 0 Å². The van der Waals surface area contributed by atoms with Gasteiger partial charge < -0.3 is 19.9 Å².